The summed E-state index contributed by atoms with van der Waals surface area (Å²) in [6.07, 6.45) is 3.22. The van der Waals surface area contributed by atoms with E-state index >= 15 is 0 Å². The number of likely N-dealkylation sites (tertiary alicyclic amines) is 1. The van der Waals surface area contributed by atoms with Gasteiger partial charge >= 0.3 is 5.97 Å². The molecule has 1 atom stereocenters. The lowest BCUT2D eigenvalue weighted by Gasteiger charge is -2.22. The molecule has 1 amide bonds. The predicted octanol–water partition coefficient (Wildman–Crippen LogP) is 2.34. The number of amides is 1. The molecule has 110 valence electrons. The van der Waals surface area contributed by atoms with Crippen LogP contribution in [0.2, 0.25) is 0 Å². The molecule has 1 N–H and O–H groups in total. The normalized spacial score (nSPS) is 18.1. The first-order valence-corrected chi connectivity index (χ1v) is 7.26. The van der Waals surface area contributed by atoms with Gasteiger partial charge in [-0.3, -0.25) is 4.79 Å². The van der Waals surface area contributed by atoms with Crippen molar-refractivity contribution in [3.05, 3.63) is 36.0 Å². The number of aromatic amines is 1. The molecule has 2 aromatic rings. The second kappa shape index (κ2) is 5.60. The van der Waals surface area contributed by atoms with Gasteiger partial charge in [-0.15, -0.1) is 0 Å². The van der Waals surface area contributed by atoms with Gasteiger partial charge in [0.25, 0.3) is 5.91 Å². The Kier molecular flexibility index (Phi) is 3.64. The molecule has 3 rings (SSSR count). The SMILES string of the molecule is CCOC(=O)C1CCCN1C(=O)c1c[nH]c2ccccc12. The summed E-state index contributed by atoms with van der Waals surface area (Å²) >= 11 is 0. The minimum Gasteiger partial charge on any atom is -0.464 e. The van der Waals surface area contributed by atoms with Gasteiger partial charge < -0.3 is 14.6 Å². The van der Waals surface area contributed by atoms with Crippen LogP contribution in [-0.4, -0.2) is 41.0 Å². The van der Waals surface area contributed by atoms with Gasteiger partial charge in [-0.25, -0.2) is 4.79 Å². The first-order valence-electron chi connectivity index (χ1n) is 7.26. The molecule has 0 bridgehead atoms. The largest absolute Gasteiger partial charge is 0.464 e. The zero-order valence-corrected chi connectivity index (χ0v) is 12.0. The fourth-order valence-corrected chi connectivity index (χ4v) is 2.90. The number of H-pyrrole nitrogens is 1. The van der Waals surface area contributed by atoms with Gasteiger partial charge in [0.2, 0.25) is 0 Å². The highest BCUT2D eigenvalue weighted by Crippen LogP contribution is 2.25. The lowest BCUT2D eigenvalue weighted by Crippen LogP contribution is -2.41. The first-order chi connectivity index (χ1) is 10.2. The van der Waals surface area contributed by atoms with Crippen molar-refractivity contribution >= 4 is 22.8 Å². The van der Waals surface area contributed by atoms with Crippen molar-refractivity contribution in [2.24, 2.45) is 0 Å². The highest BCUT2D eigenvalue weighted by molar-refractivity contribution is 6.07. The smallest absolute Gasteiger partial charge is 0.328 e. The molecule has 0 saturated carbocycles. The molecule has 1 saturated heterocycles. The molecular formula is C16H18N2O3. The Morgan fingerprint density at radius 2 is 2.19 bits per heavy atom. The van der Waals surface area contributed by atoms with E-state index in [1.165, 1.54) is 0 Å². The van der Waals surface area contributed by atoms with Gasteiger partial charge in [0.15, 0.2) is 0 Å². The van der Waals surface area contributed by atoms with E-state index in [0.29, 0.717) is 25.1 Å². The zero-order chi connectivity index (χ0) is 14.8. The summed E-state index contributed by atoms with van der Waals surface area (Å²) in [6, 6.07) is 7.21. The van der Waals surface area contributed by atoms with Gasteiger partial charge in [-0.2, -0.15) is 0 Å². The number of carbonyl (C=O) groups is 2. The van der Waals surface area contributed by atoms with Crippen LogP contribution >= 0.6 is 0 Å². The van der Waals surface area contributed by atoms with Crippen LogP contribution in [0.25, 0.3) is 10.9 Å². The molecule has 1 fully saturated rings. The van der Waals surface area contributed by atoms with Gasteiger partial charge in [-0.05, 0) is 25.8 Å². The average molecular weight is 286 g/mol. The quantitative estimate of drug-likeness (QED) is 0.881. The maximum atomic E-state index is 12.7. The number of rotatable bonds is 3. The molecule has 2 heterocycles. The third kappa shape index (κ3) is 2.39. The van der Waals surface area contributed by atoms with Crippen LogP contribution in [0.1, 0.15) is 30.1 Å². The number of ether oxygens (including phenoxy) is 1. The topological polar surface area (TPSA) is 62.4 Å². The van der Waals surface area contributed by atoms with E-state index in [0.717, 1.165) is 17.3 Å². The number of hydrogen-bond acceptors (Lipinski definition) is 3. The van der Waals surface area contributed by atoms with Crippen molar-refractivity contribution < 1.29 is 14.3 Å². The van der Waals surface area contributed by atoms with Crippen molar-refractivity contribution in [1.29, 1.82) is 0 Å². The van der Waals surface area contributed by atoms with Gasteiger partial charge in [0.1, 0.15) is 6.04 Å². The lowest BCUT2D eigenvalue weighted by molar-refractivity contribution is -0.147. The van der Waals surface area contributed by atoms with Gasteiger partial charge in [-0.1, -0.05) is 18.2 Å². The fraction of sp³-hybridized carbons (Fsp3) is 0.375. The number of fused-ring (bicyclic) bond motifs is 1. The fourth-order valence-electron chi connectivity index (χ4n) is 2.90. The van der Waals surface area contributed by atoms with Crippen LogP contribution in [0.3, 0.4) is 0 Å². The van der Waals surface area contributed by atoms with Crippen LogP contribution in [0.15, 0.2) is 30.5 Å². The third-order valence-corrected chi connectivity index (χ3v) is 3.89. The molecule has 0 spiro atoms. The summed E-state index contributed by atoms with van der Waals surface area (Å²) in [6.45, 7) is 2.71. The number of para-hydroxylation sites is 1. The first kappa shape index (κ1) is 13.7. The van der Waals surface area contributed by atoms with Crippen LogP contribution in [0.5, 0.6) is 0 Å². The minimum atomic E-state index is -0.453. The second-order valence-corrected chi connectivity index (χ2v) is 5.16. The van der Waals surface area contributed by atoms with Crippen molar-refractivity contribution in [1.82, 2.24) is 9.88 Å². The lowest BCUT2D eigenvalue weighted by atomic mass is 10.1. The molecule has 1 unspecified atom stereocenters. The molecular weight excluding hydrogens is 268 g/mol. The van der Waals surface area contributed by atoms with Crippen molar-refractivity contribution in [2.45, 2.75) is 25.8 Å². The number of nitrogens with zero attached hydrogens (tertiary/aromatic N) is 1. The molecule has 1 aromatic heterocycles. The van der Waals surface area contributed by atoms with Crippen molar-refractivity contribution in [3.63, 3.8) is 0 Å². The van der Waals surface area contributed by atoms with Crippen LogP contribution in [0.4, 0.5) is 0 Å². The molecule has 1 aromatic carbocycles. The van der Waals surface area contributed by atoms with Gasteiger partial charge in [0, 0.05) is 23.6 Å². The highest BCUT2D eigenvalue weighted by atomic mass is 16.5. The maximum absolute atomic E-state index is 12.7. The predicted molar refractivity (Wildman–Crippen MR) is 79.0 cm³/mol. The Balaban J connectivity index is 1.89. The Morgan fingerprint density at radius 1 is 1.38 bits per heavy atom. The van der Waals surface area contributed by atoms with Crippen LogP contribution in [0, 0.1) is 0 Å². The van der Waals surface area contributed by atoms with Gasteiger partial charge in [0.05, 0.1) is 12.2 Å². The Morgan fingerprint density at radius 3 is 3.00 bits per heavy atom. The summed E-state index contributed by atoms with van der Waals surface area (Å²) in [5.74, 6) is -0.411. The molecule has 5 heteroatoms. The molecule has 5 nitrogen and oxygen atoms in total. The van der Waals surface area contributed by atoms with E-state index in [1.54, 1.807) is 18.0 Å². The van der Waals surface area contributed by atoms with E-state index < -0.39 is 6.04 Å². The standard InChI is InChI=1S/C16H18N2O3/c1-2-21-16(20)14-8-5-9-18(14)15(19)12-10-17-13-7-4-3-6-11(12)13/h3-4,6-7,10,14,17H,2,5,8-9H2,1H3. The molecule has 0 radical (unpaired) electrons. The summed E-state index contributed by atoms with van der Waals surface area (Å²) in [4.78, 5) is 29.4. The summed E-state index contributed by atoms with van der Waals surface area (Å²) < 4.78 is 5.07. The molecule has 1 aliphatic heterocycles. The second-order valence-electron chi connectivity index (χ2n) is 5.16. The molecule has 1 aliphatic rings. The van der Waals surface area contributed by atoms with E-state index in [4.69, 9.17) is 4.74 Å². The van der Waals surface area contributed by atoms with E-state index in [-0.39, 0.29) is 11.9 Å². The van der Waals surface area contributed by atoms with E-state index in [9.17, 15) is 9.59 Å². The summed E-state index contributed by atoms with van der Waals surface area (Å²) in [5, 5.41) is 0.886. The van der Waals surface area contributed by atoms with Crippen molar-refractivity contribution in [2.75, 3.05) is 13.2 Å². The molecule has 0 aliphatic carbocycles. The number of esters is 1. The third-order valence-electron chi connectivity index (χ3n) is 3.89. The monoisotopic (exact) mass is 286 g/mol. The summed E-state index contributed by atoms with van der Waals surface area (Å²) in [5.41, 5.74) is 1.54. The van der Waals surface area contributed by atoms with E-state index in [1.807, 2.05) is 24.3 Å². The molecule has 21 heavy (non-hydrogen) atoms. The van der Waals surface area contributed by atoms with Crippen molar-refractivity contribution in [3.8, 4) is 0 Å². The van der Waals surface area contributed by atoms with Crippen LogP contribution < -0.4 is 0 Å². The maximum Gasteiger partial charge on any atom is 0.328 e. The Labute approximate surface area is 122 Å². The number of carbonyl (C=O) groups excluding carboxylic acids is 2. The van der Waals surface area contributed by atoms with E-state index in [2.05, 4.69) is 4.98 Å². The number of benzene rings is 1. The number of nitrogens with one attached hydrogen (secondary N) is 1. The minimum absolute atomic E-state index is 0.108. The highest BCUT2D eigenvalue weighted by Gasteiger charge is 2.36. The Hall–Kier alpha value is -2.30. The number of hydrogen-bond donors (Lipinski definition) is 1. The number of aromatic nitrogens is 1. The Bertz CT molecular complexity index is 677. The average Bonchev–Trinajstić information content (AvgIpc) is 3.14. The summed E-state index contributed by atoms with van der Waals surface area (Å²) in [7, 11) is 0. The zero-order valence-electron chi connectivity index (χ0n) is 12.0. The van der Waals surface area contributed by atoms with Crippen LogP contribution in [-0.2, 0) is 9.53 Å².